The smallest absolute Gasteiger partial charge is 0.305 e. The van der Waals surface area contributed by atoms with Crippen LogP contribution in [0.25, 0.3) is 0 Å². The van der Waals surface area contributed by atoms with Crippen molar-refractivity contribution in [1.82, 2.24) is 5.32 Å². The highest BCUT2D eigenvalue weighted by molar-refractivity contribution is 5.76. The molecule has 2 atom stereocenters. The number of hydrogen-bond donors (Lipinski definition) is 3. The van der Waals surface area contributed by atoms with Crippen LogP contribution in [0, 0.1) is 0 Å². The number of rotatable bonds is 62. The van der Waals surface area contributed by atoms with E-state index < -0.39 is 12.1 Å². The van der Waals surface area contributed by atoms with Gasteiger partial charge in [0.1, 0.15) is 0 Å². The van der Waals surface area contributed by atoms with E-state index in [2.05, 4.69) is 43.5 Å². The van der Waals surface area contributed by atoms with Crippen molar-refractivity contribution < 1.29 is 24.5 Å². The molecule has 1 amide bonds. The minimum atomic E-state index is -0.847. The second-order valence-electron chi connectivity index (χ2n) is 22.8. The van der Waals surface area contributed by atoms with E-state index >= 15 is 0 Å². The summed E-state index contributed by atoms with van der Waals surface area (Å²) in [5.41, 5.74) is 0. The Morgan fingerprint density at radius 3 is 0.959 bits per heavy atom. The highest BCUT2D eigenvalue weighted by Gasteiger charge is 2.18. The van der Waals surface area contributed by atoms with Gasteiger partial charge < -0.3 is 20.3 Å². The number of esters is 1. The number of hydrogen-bond acceptors (Lipinski definition) is 5. The first-order valence-corrected chi connectivity index (χ1v) is 33.3. The van der Waals surface area contributed by atoms with Gasteiger partial charge in [0, 0.05) is 12.8 Å². The van der Waals surface area contributed by atoms with Crippen LogP contribution in [0.5, 0.6) is 0 Å². The Bertz CT molecular complexity index is 1200. The molecule has 2 unspecified atom stereocenters. The molecule has 3 N–H and O–H groups in total. The number of amides is 1. The molecule has 0 aromatic carbocycles. The molecule has 0 saturated carbocycles. The van der Waals surface area contributed by atoms with Gasteiger partial charge in [0.05, 0.1) is 25.4 Å². The van der Waals surface area contributed by atoms with Gasteiger partial charge in [-0.1, -0.05) is 301 Å². The zero-order valence-electron chi connectivity index (χ0n) is 49.8. The second kappa shape index (κ2) is 63.6. The van der Waals surface area contributed by atoms with Crippen LogP contribution in [0.2, 0.25) is 0 Å². The lowest BCUT2D eigenvalue weighted by Crippen LogP contribution is -2.45. The summed E-state index contributed by atoms with van der Waals surface area (Å²) in [5.74, 6) is -0.0634. The summed E-state index contributed by atoms with van der Waals surface area (Å²) in [4.78, 5) is 24.6. The quantitative estimate of drug-likeness (QED) is 0.0320. The first-order valence-electron chi connectivity index (χ1n) is 33.3. The van der Waals surface area contributed by atoms with E-state index in [1.165, 1.54) is 289 Å². The molecule has 0 rings (SSSR count). The van der Waals surface area contributed by atoms with Gasteiger partial charge in [-0.05, 0) is 83.5 Å². The van der Waals surface area contributed by atoms with E-state index in [0.29, 0.717) is 19.4 Å². The molecule has 0 aliphatic heterocycles. The molecule has 6 heteroatoms. The highest BCUT2D eigenvalue weighted by atomic mass is 16.5. The Morgan fingerprint density at radius 1 is 0.365 bits per heavy atom. The van der Waals surface area contributed by atoms with Gasteiger partial charge in [-0.2, -0.15) is 0 Å². The minimum absolute atomic E-state index is 0.00586. The first-order chi connectivity index (χ1) is 36.5. The van der Waals surface area contributed by atoms with Crippen LogP contribution in [-0.4, -0.2) is 47.4 Å². The van der Waals surface area contributed by atoms with Crippen molar-refractivity contribution in [2.24, 2.45) is 0 Å². The molecule has 6 nitrogen and oxygen atoms in total. The van der Waals surface area contributed by atoms with Crippen LogP contribution in [0.1, 0.15) is 361 Å². The lowest BCUT2D eigenvalue weighted by Gasteiger charge is -2.20. The average molecular weight is 1040 g/mol. The number of aliphatic hydroxyl groups is 2. The van der Waals surface area contributed by atoms with E-state index in [9.17, 15) is 19.8 Å². The number of unbranched alkanes of at least 4 members (excludes halogenated alkanes) is 47. The van der Waals surface area contributed by atoms with Crippen molar-refractivity contribution in [3.05, 3.63) is 36.5 Å². The van der Waals surface area contributed by atoms with Crippen LogP contribution in [0.15, 0.2) is 36.5 Å². The van der Waals surface area contributed by atoms with Crippen LogP contribution in [0.4, 0.5) is 0 Å². The van der Waals surface area contributed by atoms with Crippen molar-refractivity contribution in [2.45, 2.75) is 373 Å². The van der Waals surface area contributed by atoms with Crippen molar-refractivity contribution in [3.63, 3.8) is 0 Å². The molecule has 0 heterocycles. The number of carbonyl (C=O) groups is 2. The number of ether oxygens (including phenoxy) is 1. The lowest BCUT2D eigenvalue weighted by atomic mass is 10.0. The first kappa shape index (κ1) is 72.1. The zero-order chi connectivity index (χ0) is 53.6. The molecule has 0 aliphatic rings. The predicted molar refractivity (Wildman–Crippen MR) is 324 cm³/mol. The van der Waals surface area contributed by atoms with Crippen LogP contribution < -0.4 is 5.32 Å². The maximum absolute atomic E-state index is 12.5. The van der Waals surface area contributed by atoms with Crippen LogP contribution in [0.3, 0.4) is 0 Å². The van der Waals surface area contributed by atoms with E-state index in [1.807, 2.05) is 6.08 Å². The van der Waals surface area contributed by atoms with Crippen molar-refractivity contribution in [2.75, 3.05) is 13.2 Å². The minimum Gasteiger partial charge on any atom is -0.466 e. The fraction of sp³-hybridized carbons (Fsp3) is 0.882. The predicted octanol–water partition coefficient (Wildman–Crippen LogP) is 21.1. The molecular weight excluding hydrogens is 911 g/mol. The summed E-state index contributed by atoms with van der Waals surface area (Å²) in [6, 6.07) is -0.630. The Balaban J connectivity index is 3.41. The van der Waals surface area contributed by atoms with Gasteiger partial charge in [-0.25, -0.2) is 0 Å². The molecular formula is C68H129NO5. The van der Waals surface area contributed by atoms with Gasteiger partial charge in [-0.3, -0.25) is 9.59 Å². The molecule has 0 aliphatic carbocycles. The van der Waals surface area contributed by atoms with Crippen molar-refractivity contribution in [1.29, 1.82) is 0 Å². The third kappa shape index (κ3) is 59.3. The Kier molecular flexibility index (Phi) is 62.0. The molecule has 0 aromatic rings. The van der Waals surface area contributed by atoms with E-state index in [-0.39, 0.29) is 18.5 Å². The van der Waals surface area contributed by atoms with E-state index in [1.54, 1.807) is 6.08 Å². The average Bonchev–Trinajstić information content (AvgIpc) is 3.40. The van der Waals surface area contributed by atoms with Gasteiger partial charge in [0.2, 0.25) is 5.91 Å². The molecule has 436 valence electrons. The van der Waals surface area contributed by atoms with E-state index in [0.717, 1.165) is 44.9 Å². The van der Waals surface area contributed by atoms with E-state index in [4.69, 9.17) is 4.74 Å². The van der Waals surface area contributed by atoms with Gasteiger partial charge in [-0.15, -0.1) is 0 Å². The monoisotopic (exact) mass is 1040 g/mol. The molecule has 0 aromatic heterocycles. The second-order valence-corrected chi connectivity index (χ2v) is 22.8. The summed E-state index contributed by atoms with van der Waals surface area (Å²) < 4.78 is 5.49. The Morgan fingerprint density at radius 2 is 0.635 bits per heavy atom. The molecule has 0 fully saturated rings. The Labute approximate surface area is 462 Å². The van der Waals surface area contributed by atoms with Crippen molar-refractivity contribution in [3.8, 4) is 0 Å². The topological polar surface area (TPSA) is 95.9 Å². The third-order valence-electron chi connectivity index (χ3n) is 15.4. The van der Waals surface area contributed by atoms with Gasteiger partial charge in [0.25, 0.3) is 0 Å². The third-order valence-corrected chi connectivity index (χ3v) is 15.4. The fourth-order valence-corrected chi connectivity index (χ4v) is 10.3. The number of nitrogens with one attached hydrogen (secondary N) is 1. The summed E-state index contributed by atoms with van der Waals surface area (Å²) in [7, 11) is 0. The standard InChI is InChI=1S/C68H129NO5/c1-3-5-7-9-11-13-15-17-19-32-36-40-44-48-52-56-60-66(71)65(64-70)69-67(72)61-57-53-49-45-41-37-33-30-28-26-24-22-21-23-25-27-29-31-35-39-43-47-51-55-59-63-74-68(73)62-58-54-50-46-42-38-34-20-18-16-14-12-10-8-6-4-2/h20,22,24,34,56,60,65-66,70-71H,3-19,21,23,25-33,35-55,57-59,61-64H2,1-2H3,(H,69,72)/b24-22-,34-20-,60-56+. The normalized spacial score (nSPS) is 12.8. The Hall–Kier alpha value is -1.92. The molecule has 74 heavy (non-hydrogen) atoms. The summed E-state index contributed by atoms with van der Waals surface area (Å²) in [6.45, 7) is 4.92. The molecule has 0 saturated heterocycles. The van der Waals surface area contributed by atoms with Gasteiger partial charge in [0.15, 0.2) is 0 Å². The van der Waals surface area contributed by atoms with Crippen molar-refractivity contribution >= 4 is 11.9 Å². The molecule has 0 radical (unpaired) electrons. The SMILES string of the molecule is CCCCCCCCC/C=C\CCCCCCCC(=O)OCCCCCCCCCCCCCC/C=C\CCCCCCCCCCCC(=O)NC(CO)C(O)/C=C/CCCCCCCCCCCCCCCC. The number of carbonyl (C=O) groups excluding carboxylic acids is 2. The summed E-state index contributed by atoms with van der Waals surface area (Å²) in [5, 5.41) is 23.2. The number of aliphatic hydroxyl groups excluding tert-OH is 2. The molecule has 0 spiro atoms. The molecule has 0 bridgehead atoms. The summed E-state index contributed by atoms with van der Waals surface area (Å²) >= 11 is 0. The van der Waals surface area contributed by atoms with Crippen LogP contribution >= 0.6 is 0 Å². The largest absolute Gasteiger partial charge is 0.466 e. The van der Waals surface area contributed by atoms with Gasteiger partial charge >= 0.3 is 5.97 Å². The zero-order valence-corrected chi connectivity index (χ0v) is 49.8. The lowest BCUT2D eigenvalue weighted by molar-refractivity contribution is -0.143. The fourth-order valence-electron chi connectivity index (χ4n) is 10.3. The van der Waals surface area contributed by atoms with Crippen LogP contribution in [-0.2, 0) is 14.3 Å². The maximum atomic E-state index is 12.5. The number of allylic oxidation sites excluding steroid dienone is 5. The highest BCUT2D eigenvalue weighted by Crippen LogP contribution is 2.17. The maximum Gasteiger partial charge on any atom is 0.305 e. The summed E-state index contributed by atoms with van der Waals surface area (Å²) in [6.07, 6.45) is 80.6.